The van der Waals surface area contributed by atoms with Crippen molar-refractivity contribution >= 4 is 11.3 Å². The number of hydrogen-bond acceptors (Lipinski definition) is 3. The molecule has 0 radical (unpaired) electrons. The average Bonchev–Trinajstić information content (AvgIpc) is 3.23. The molecule has 0 saturated carbocycles. The molecule has 0 saturated heterocycles. The van der Waals surface area contributed by atoms with Crippen LogP contribution in [-0.2, 0) is 6.42 Å². The topological polar surface area (TPSA) is 15.7 Å². The number of allylic oxidation sites excluding steroid dienone is 1. The number of nitrogens with zero attached hydrogens (tertiary/aromatic N) is 2. The Balaban J connectivity index is 1.54. The van der Waals surface area contributed by atoms with Gasteiger partial charge in [-0.1, -0.05) is 24.3 Å². The van der Waals surface area contributed by atoms with Crippen molar-refractivity contribution in [3.8, 4) is 5.75 Å². The van der Waals surface area contributed by atoms with Gasteiger partial charge in [0.05, 0.1) is 13.8 Å². The van der Waals surface area contributed by atoms with E-state index in [2.05, 4.69) is 70.9 Å². The minimum absolute atomic E-state index is 0.854. The van der Waals surface area contributed by atoms with E-state index in [1.807, 2.05) is 6.07 Å². The highest BCUT2D eigenvalue weighted by Crippen LogP contribution is 2.35. The van der Waals surface area contributed by atoms with Crippen molar-refractivity contribution in [2.45, 2.75) is 12.8 Å². The van der Waals surface area contributed by atoms with Gasteiger partial charge in [0, 0.05) is 24.3 Å². The molecule has 0 unspecified atom stereocenters. The van der Waals surface area contributed by atoms with Crippen molar-refractivity contribution in [3.63, 3.8) is 0 Å². The molecule has 0 fully saturated rings. The van der Waals surface area contributed by atoms with Crippen LogP contribution >= 0.6 is 0 Å². The van der Waals surface area contributed by atoms with Crippen molar-refractivity contribution in [1.82, 2.24) is 4.90 Å². The van der Waals surface area contributed by atoms with E-state index in [1.54, 1.807) is 7.11 Å². The van der Waals surface area contributed by atoms with Gasteiger partial charge in [-0.3, -0.25) is 0 Å². The van der Waals surface area contributed by atoms with Gasteiger partial charge in [-0.25, -0.2) is 0 Å². The van der Waals surface area contributed by atoms with Gasteiger partial charge in [0.15, 0.2) is 0 Å². The number of ether oxygens (including phenoxy) is 1. The van der Waals surface area contributed by atoms with E-state index in [0.717, 1.165) is 25.3 Å². The molecule has 116 valence electrons. The molecule has 3 heteroatoms. The fraction of sp³-hybridized carbons (Fsp3) is 0.200. The lowest BCUT2D eigenvalue weighted by atomic mass is 10.1. The highest BCUT2D eigenvalue weighted by Gasteiger charge is 2.19. The third-order valence-corrected chi connectivity index (χ3v) is 4.49. The molecule has 0 N–H and O–H groups in total. The van der Waals surface area contributed by atoms with Crippen molar-refractivity contribution in [2.75, 3.05) is 18.7 Å². The van der Waals surface area contributed by atoms with Crippen LogP contribution in [0.15, 0.2) is 67.1 Å². The first kappa shape index (κ1) is 13.9. The van der Waals surface area contributed by atoms with Gasteiger partial charge < -0.3 is 14.5 Å². The zero-order valence-electron chi connectivity index (χ0n) is 13.3. The summed E-state index contributed by atoms with van der Waals surface area (Å²) in [6.07, 6.45) is 8.75. The Morgan fingerprint density at radius 3 is 2.70 bits per heavy atom. The monoisotopic (exact) mass is 304 g/mol. The Kier molecular flexibility index (Phi) is 3.54. The van der Waals surface area contributed by atoms with Gasteiger partial charge in [0.25, 0.3) is 0 Å². The molecular formula is C20H20N2O. The highest BCUT2D eigenvalue weighted by molar-refractivity contribution is 5.73. The first-order valence-corrected chi connectivity index (χ1v) is 7.97. The van der Waals surface area contributed by atoms with Crippen LogP contribution in [0, 0.1) is 0 Å². The van der Waals surface area contributed by atoms with Gasteiger partial charge in [-0.15, -0.1) is 0 Å². The molecule has 2 aromatic carbocycles. The molecular weight excluding hydrogens is 284 g/mol. The van der Waals surface area contributed by atoms with E-state index in [1.165, 1.54) is 22.4 Å². The number of methoxy groups -OCH3 is 1. The Morgan fingerprint density at radius 2 is 1.87 bits per heavy atom. The summed E-state index contributed by atoms with van der Waals surface area (Å²) < 4.78 is 5.37. The van der Waals surface area contributed by atoms with Crippen LogP contribution in [0.1, 0.15) is 17.5 Å². The minimum atomic E-state index is 0.854. The highest BCUT2D eigenvalue weighted by atomic mass is 16.5. The zero-order valence-corrected chi connectivity index (χ0v) is 13.3. The first-order chi connectivity index (χ1) is 11.3. The molecule has 2 aliphatic rings. The van der Waals surface area contributed by atoms with Crippen molar-refractivity contribution < 1.29 is 4.74 Å². The molecule has 1 aliphatic heterocycles. The van der Waals surface area contributed by atoms with Crippen LogP contribution in [-0.4, -0.2) is 18.7 Å². The quantitative estimate of drug-likeness (QED) is 0.844. The lowest BCUT2D eigenvalue weighted by Crippen LogP contribution is -2.21. The summed E-state index contributed by atoms with van der Waals surface area (Å²) in [7, 11) is 1.72. The Morgan fingerprint density at radius 1 is 1.00 bits per heavy atom. The van der Waals surface area contributed by atoms with Gasteiger partial charge >= 0.3 is 0 Å². The van der Waals surface area contributed by atoms with Gasteiger partial charge in [0.2, 0.25) is 0 Å². The summed E-state index contributed by atoms with van der Waals surface area (Å²) in [5.41, 5.74) is 5.35. The lowest BCUT2D eigenvalue weighted by molar-refractivity contribution is 0.414. The molecule has 1 heterocycles. The van der Waals surface area contributed by atoms with Gasteiger partial charge in [-0.05, 0) is 53.8 Å². The molecule has 3 nitrogen and oxygen atoms in total. The summed E-state index contributed by atoms with van der Waals surface area (Å²) in [6, 6.07) is 16.9. The maximum Gasteiger partial charge on any atom is 0.119 e. The second-order valence-electron chi connectivity index (χ2n) is 5.94. The minimum Gasteiger partial charge on any atom is -0.497 e. The lowest BCUT2D eigenvalue weighted by Gasteiger charge is -2.19. The van der Waals surface area contributed by atoms with E-state index in [9.17, 15) is 0 Å². The third-order valence-electron chi connectivity index (χ3n) is 4.49. The Labute approximate surface area is 137 Å². The maximum atomic E-state index is 5.37. The predicted molar refractivity (Wildman–Crippen MR) is 94.1 cm³/mol. The van der Waals surface area contributed by atoms with E-state index in [-0.39, 0.29) is 0 Å². The molecule has 0 atom stereocenters. The van der Waals surface area contributed by atoms with Crippen molar-refractivity contribution in [1.29, 1.82) is 0 Å². The van der Waals surface area contributed by atoms with E-state index in [0.29, 0.717) is 0 Å². The number of fused-ring (bicyclic) bond motifs is 1. The SMILES string of the molecule is COc1ccc2c(c1)C(=CN1C=CN(c3ccccc3)C1)CC2. The molecule has 1 aliphatic carbocycles. The number of benzene rings is 2. The number of aryl methyl sites for hydroxylation is 1. The summed E-state index contributed by atoms with van der Waals surface area (Å²) in [4.78, 5) is 4.50. The molecule has 2 aromatic rings. The fourth-order valence-corrected chi connectivity index (χ4v) is 3.25. The van der Waals surface area contributed by atoms with Crippen LogP contribution in [0.3, 0.4) is 0 Å². The summed E-state index contributed by atoms with van der Waals surface area (Å²) in [5.74, 6) is 0.930. The average molecular weight is 304 g/mol. The standard InChI is InChI=1S/C20H20N2O/c1-23-19-10-9-16-7-8-17(20(16)13-19)14-21-11-12-22(15-21)18-5-3-2-4-6-18/h2-6,9-14H,7-8,15H2,1H3. The van der Waals surface area contributed by atoms with Crippen LogP contribution < -0.4 is 9.64 Å². The number of anilines is 1. The number of hydrogen-bond donors (Lipinski definition) is 0. The molecule has 0 bridgehead atoms. The van der Waals surface area contributed by atoms with Crippen molar-refractivity contribution in [2.24, 2.45) is 0 Å². The van der Waals surface area contributed by atoms with Gasteiger partial charge in [-0.2, -0.15) is 0 Å². The zero-order chi connectivity index (χ0) is 15.6. The number of para-hydroxylation sites is 1. The summed E-state index contributed by atoms with van der Waals surface area (Å²) >= 11 is 0. The Hall–Kier alpha value is -2.68. The molecule has 4 rings (SSSR count). The van der Waals surface area contributed by atoms with E-state index >= 15 is 0 Å². The molecule has 0 aromatic heterocycles. The van der Waals surface area contributed by atoms with Crippen LogP contribution in [0.4, 0.5) is 5.69 Å². The predicted octanol–water partition coefficient (Wildman–Crippen LogP) is 4.23. The van der Waals surface area contributed by atoms with Crippen molar-refractivity contribution in [3.05, 3.63) is 78.3 Å². The second kappa shape index (κ2) is 5.84. The smallest absolute Gasteiger partial charge is 0.119 e. The third kappa shape index (κ3) is 2.70. The van der Waals surface area contributed by atoms with Crippen LogP contribution in [0.25, 0.3) is 5.57 Å². The summed E-state index contributed by atoms with van der Waals surface area (Å²) in [5, 5.41) is 0. The molecule has 23 heavy (non-hydrogen) atoms. The molecule has 0 spiro atoms. The normalized spacial score (nSPS) is 17.9. The first-order valence-electron chi connectivity index (χ1n) is 7.97. The van der Waals surface area contributed by atoms with E-state index in [4.69, 9.17) is 4.74 Å². The number of rotatable bonds is 3. The molecule has 0 amide bonds. The largest absolute Gasteiger partial charge is 0.497 e. The summed E-state index contributed by atoms with van der Waals surface area (Å²) in [6.45, 7) is 0.854. The fourth-order valence-electron chi connectivity index (χ4n) is 3.25. The van der Waals surface area contributed by atoms with Gasteiger partial charge in [0.1, 0.15) is 5.75 Å². The van der Waals surface area contributed by atoms with Crippen LogP contribution in [0.5, 0.6) is 5.75 Å². The second-order valence-corrected chi connectivity index (χ2v) is 5.94. The van der Waals surface area contributed by atoms with Crippen LogP contribution in [0.2, 0.25) is 0 Å². The Bertz CT molecular complexity index is 764. The maximum absolute atomic E-state index is 5.37. The van der Waals surface area contributed by atoms with E-state index < -0.39 is 0 Å².